The fraction of sp³-hybridized carbons (Fsp3) is 0.800. The monoisotopic (exact) mass is 202 g/mol. The molecule has 0 saturated heterocycles. The highest BCUT2D eigenvalue weighted by atomic mass is 16.5. The van der Waals surface area contributed by atoms with Crippen molar-refractivity contribution in [1.82, 2.24) is 0 Å². The standard InChI is InChI=1S/C10H18O4/c1-5-7(3)8(9(11)13-4)10(12)14-6-2/h7-8H,5-6H2,1-4H3/t7-,8+/m0/s1. The van der Waals surface area contributed by atoms with Crippen molar-refractivity contribution in [1.29, 1.82) is 0 Å². The molecule has 0 spiro atoms. The third kappa shape index (κ3) is 3.36. The Bertz CT molecular complexity index is 200. The molecule has 0 unspecified atom stereocenters. The molecule has 0 aliphatic heterocycles. The lowest BCUT2D eigenvalue weighted by Crippen LogP contribution is -2.32. The van der Waals surface area contributed by atoms with Gasteiger partial charge in [-0.25, -0.2) is 0 Å². The van der Waals surface area contributed by atoms with Crippen LogP contribution in [-0.4, -0.2) is 25.7 Å². The van der Waals surface area contributed by atoms with Gasteiger partial charge in [0.2, 0.25) is 0 Å². The van der Waals surface area contributed by atoms with Crippen LogP contribution in [0.5, 0.6) is 0 Å². The summed E-state index contributed by atoms with van der Waals surface area (Å²) in [6.45, 7) is 5.74. The maximum Gasteiger partial charge on any atom is 0.320 e. The second kappa shape index (κ2) is 6.40. The summed E-state index contributed by atoms with van der Waals surface area (Å²) in [5.74, 6) is -1.85. The average molecular weight is 202 g/mol. The van der Waals surface area contributed by atoms with Gasteiger partial charge in [0.1, 0.15) is 0 Å². The van der Waals surface area contributed by atoms with E-state index >= 15 is 0 Å². The van der Waals surface area contributed by atoms with Crippen LogP contribution < -0.4 is 0 Å². The third-order valence-electron chi connectivity index (χ3n) is 2.21. The summed E-state index contributed by atoms with van der Waals surface area (Å²) in [4.78, 5) is 22.7. The van der Waals surface area contributed by atoms with Crippen LogP contribution in [0.3, 0.4) is 0 Å². The molecule has 0 fully saturated rings. The van der Waals surface area contributed by atoms with Crippen molar-refractivity contribution in [2.75, 3.05) is 13.7 Å². The lowest BCUT2D eigenvalue weighted by Gasteiger charge is -2.18. The molecule has 0 rings (SSSR count). The zero-order valence-corrected chi connectivity index (χ0v) is 9.20. The molecule has 2 atom stereocenters. The molecule has 4 nitrogen and oxygen atoms in total. The van der Waals surface area contributed by atoms with E-state index in [4.69, 9.17) is 4.74 Å². The third-order valence-corrected chi connectivity index (χ3v) is 2.21. The van der Waals surface area contributed by atoms with Crippen molar-refractivity contribution < 1.29 is 19.1 Å². The number of rotatable bonds is 5. The van der Waals surface area contributed by atoms with Crippen LogP contribution >= 0.6 is 0 Å². The Hall–Kier alpha value is -1.06. The number of carbonyl (C=O) groups is 2. The van der Waals surface area contributed by atoms with Gasteiger partial charge in [0.25, 0.3) is 0 Å². The van der Waals surface area contributed by atoms with Gasteiger partial charge in [0, 0.05) is 0 Å². The number of hydrogen-bond donors (Lipinski definition) is 0. The molecular weight excluding hydrogens is 184 g/mol. The maximum atomic E-state index is 11.4. The van der Waals surface area contributed by atoms with Gasteiger partial charge in [-0.15, -0.1) is 0 Å². The molecule has 0 aromatic rings. The first-order chi connectivity index (χ1) is 6.58. The zero-order valence-electron chi connectivity index (χ0n) is 9.20. The van der Waals surface area contributed by atoms with Gasteiger partial charge in [0.05, 0.1) is 13.7 Å². The Labute approximate surface area is 84.6 Å². The molecule has 0 aromatic carbocycles. The van der Waals surface area contributed by atoms with E-state index in [9.17, 15) is 9.59 Å². The fourth-order valence-electron chi connectivity index (χ4n) is 1.16. The highest BCUT2D eigenvalue weighted by molar-refractivity contribution is 5.95. The first-order valence-electron chi connectivity index (χ1n) is 4.82. The van der Waals surface area contributed by atoms with Crippen molar-refractivity contribution in [3.8, 4) is 0 Å². The van der Waals surface area contributed by atoms with E-state index < -0.39 is 17.9 Å². The number of carbonyl (C=O) groups excluding carboxylic acids is 2. The predicted octanol–water partition coefficient (Wildman–Crippen LogP) is 1.38. The predicted molar refractivity (Wildman–Crippen MR) is 51.6 cm³/mol. The second-order valence-electron chi connectivity index (χ2n) is 3.14. The molecule has 4 heteroatoms. The summed E-state index contributed by atoms with van der Waals surface area (Å²) >= 11 is 0. The number of methoxy groups -OCH3 is 1. The largest absolute Gasteiger partial charge is 0.468 e. The molecular formula is C10H18O4. The zero-order chi connectivity index (χ0) is 11.1. The van der Waals surface area contributed by atoms with E-state index in [0.717, 1.165) is 6.42 Å². The highest BCUT2D eigenvalue weighted by Crippen LogP contribution is 2.18. The summed E-state index contributed by atoms with van der Waals surface area (Å²) in [5, 5.41) is 0. The number of esters is 2. The molecule has 0 radical (unpaired) electrons. The van der Waals surface area contributed by atoms with Gasteiger partial charge >= 0.3 is 11.9 Å². The molecule has 0 aliphatic carbocycles. The van der Waals surface area contributed by atoms with Crippen LogP contribution in [0.25, 0.3) is 0 Å². The first-order valence-corrected chi connectivity index (χ1v) is 4.82. The minimum absolute atomic E-state index is 0.0542. The Morgan fingerprint density at radius 2 is 1.79 bits per heavy atom. The normalized spacial score (nSPS) is 14.3. The SMILES string of the molecule is CCOC(=O)[C@@H](C(=O)OC)[C@@H](C)CC. The molecule has 0 bridgehead atoms. The van der Waals surface area contributed by atoms with E-state index in [2.05, 4.69) is 4.74 Å². The van der Waals surface area contributed by atoms with Gasteiger partial charge in [-0.05, 0) is 12.8 Å². The summed E-state index contributed by atoms with van der Waals surface area (Å²) in [6.07, 6.45) is 0.735. The first kappa shape index (κ1) is 12.9. The van der Waals surface area contributed by atoms with Crippen LogP contribution in [-0.2, 0) is 19.1 Å². The average Bonchev–Trinajstić information content (AvgIpc) is 2.17. The van der Waals surface area contributed by atoms with Crippen LogP contribution in [0.1, 0.15) is 27.2 Å². The summed E-state index contributed by atoms with van der Waals surface area (Å²) in [5.41, 5.74) is 0. The fourth-order valence-corrected chi connectivity index (χ4v) is 1.16. The molecule has 0 amide bonds. The van der Waals surface area contributed by atoms with Gasteiger partial charge in [-0.2, -0.15) is 0 Å². The van der Waals surface area contributed by atoms with Crippen molar-refractivity contribution in [3.05, 3.63) is 0 Å². The molecule has 82 valence electrons. The summed E-state index contributed by atoms with van der Waals surface area (Å²) in [6, 6.07) is 0. The molecule has 0 aliphatic rings. The topological polar surface area (TPSA) is 52.6 Å². The van der Waals surface area contributed by atoms with Crippen molar-refractivity contribution in [2.45, 2.75) is 27.2 Å². The lowest BCUT2D eigenvalue weighted by atomic mass is 9.92. The Morgan fingerprint density at radius 1 is 1.21 bits per heavy atom. The molecule has 0 N–H and O–H groups in total. The van der Waals surface area contributed by atoms with E-state index in [-0.39, 0.29) is 12.5 Å². The van der Waals surface area contributed by atoms with Gasteiger partial charge in [0.15, 0.2) is 5.92 Å². The van der Waals surface area contributed by atoms with Crippen LogP contribution in [0.2, 0.25) is 0 Å². The van der Waals surface area contributed by atoms with Crippen LogP contribution in [0, 0.1) is 11.8 Å². The minimum Gasteiger partial charge on any atom is -0.468 e. The van der Waals surface area contributed by atoms with Crippen LogP contribution in [0.4, 0.5) is 0 Å². The summed E-state index contributed by atoms with van der Waals surface area (Å²) in [7, 11) is 1.27. The van der Waals surface area contributed by atoms with E-state index in [1.54, 1.807) is 6.92 Å². The minimum atomic E-state index is -0.787. The number of hydrogen-bond acceptors (Lipinski definition) is 4. The summed E-state index contributed by atoms with van der Waals surface area (Å²) < 4.78 is 9.37. The molecule has 0 heterocycles. The van der Waals surface area contributed by atoms with Crippen molar-refractivity contribution in [3.63, 3.8) is 0 Å². The quantitative estimate of drug-likeness (QED) is 0.499. The molecule has 0 saturated carbocycles. The smallest absolute Gasteiger partial charge is 0.320 e. The van der Waals surface area contributed by atoms with Crippen LogP contribution in [0.15, 0.2) is 0 Å². The molecule has 0 aromatic heterocycles. The van der Waals surface area contributed by atoms with Gasteiger partial charge < -0.3 is 9.47 Å². The molecule has 14 heavy (non-hydrogen) atoms. The van der Waals surface area contributed by atoms with Gasteiger partial charge in [-0.3, -0.25) is 9.59 Å². The van der Waals surface area contributed by atoms with Crippen molar-refractivity contribution >= 4 is 11.9 Å². The lowest BCUT2D eigenvalue weighted by molar-refractivity contribution is -0.162. The van der Waals surface area contributed by atoms with E-state index in [0.29, 0.717) is 0 Å². The maximum absolute atomic E-state index is 11.4. The number of ether oxygens (including phenoxy) is 2. The van der Waals surface area contributed by atoms with E-state index in [1.807, 2.05) is 13.8 Å². The Balaban J connectivity index is 4.54. The van der Waals surface area contributed by atoms with E-state index in [1.165, 1.54) is 7.11 Å². The second-order valence-corrected chi connectivity index (χ2v) is 3.14. The van der Waals surface area contributed by atoms with Gasteiger partial charge in [-0.1, -0.05) is 20.3 Å². The van der Waals surface area contributed by atoms with Crippen molar-refractivity contribution in [2.24, 2.45) is 11.8 Å². The highest BCUT2D eigenvalue weighted by Gasteiger charge is 2.33. The Kier molecular flexibility index (Phi) is 5.92. The Morgan fingerprint density at radius 3 is 2.14 bits per heavy atom.